The maximum atomic E-state index is 13.4. The summed E-state index contributed by atoms with van der Waals surface area (Å²) >= 11 is 6.66. The average Bonchev–Trinajstić information content (AvgIpc) is 2.97. The number of piperidine rings is 2. The largest absolute Gasteiger partial charge is 0.507 e. The molecule has 4 unspecified atom stereocenters. The molecule has 1 aromatic heterocycles. The molecule has 3 heterocycles. The SMILES string of the molecule is CC(C)c1cc(C(=O)Nc2ccc(Nc3nc(N4CC(N)CC(N)C4)nc(N4CC(N)CC(N)C4)n3)cc2Cl)c(O)c(C(C)C)c1. The van der Waals surface area contributed by atoms with Gasteiger partial charge in [-0.05, 0) is 60.1 Å². The van der Waals surface area contributed by atoms with E-state index in [4.69, 9.17) is 49.5 Å². The highest BCUT2D eigenvalue weighted by Gasteiger charge is 2.29. The molecule has 0 saturated carbocycles. The summed E-state index contributed by atoms with van der Waals surface area (Å²) in [6, 6.07) is 8.37. The number of rotatable bonds is 8. The lowest BCUT2D eigenvalue weighted by Crippen LogP contribution is -2.54. The van der Waals surface area contributed by atoms with Gasteiger partial charge in [0.2, 0.25) is 17.8 Å². The van der Waals surface area contributed by atoms with Gasteiger partial charge in [-0.3, -0.25) is 4.79 Å². The Morgan fingerprint density at radius 2 is 1.39 bits per heavy atom. The summed E-state index contributed by atoms with van der Waals surface area (Å²) in [6.45, 7) is 10.3. The zero-order valence-corrected chi connectivity index (χ0v) is 27.6. The number of carbonyl (C=O) groups is 1. The van der Waals surface area contributed by atoms with Crippen LogP contribution in [-0.2, 0) is 0 Å². The van der Waals surface area contributed by atoms with Crippen molar-refractivity contribution in [3.8, 4) is 5.75 Å². The number of nitrogens with two attached hydrogens (primary N) is 4. The lowest BCUT2D eigenvalue weighted by atomic mass is 9.91. The monoisotopic (exact) mass is 651 g/mol. The Morgan fingerprint density at radius 1 is 0.848 bits per heavy atom. The molecule has 2 fully saturated rings. The number of phenolic OH excluding ortho intramolecular Hbond substituents is 1. The number of aromatic hydroxyl groups is 1. The first-order chi connectivity index (χ1) is 21.8. The number of nitrogens with zero attached hydrogens (tertiary/aromatic N) is 5. The van der Waals surface area contributed by atoms with E-state index in [-0.39, 0.29) is 52.3 Å². The van der Waals surface area contributed by atoms with E-state index in [1.807, 2.05) is 43.6 Å². The van der Waals surface area contributed by atoms with E-state index in [9.17, 15) is 9.90 Å². The lowest BCUT2D eigenvalue weighted by Gasteiger charge is -2.37. The topological polar surface area (TPSA) is 211 Å². The number of phenols is 1. The van der Waals surface area contributed by atoms with Crippen LogP contribution in [0, 0.1) is 0 Å². The summed E-state index contributed by atoms with van der Waals surface area (Å²) in [5.41, 5.74) is 28.0. The standard InChI is InChI=1S/C32H46ClN11O2/c1-16(2)18-7-24(17(3)4)28(45)25(8-18)29(46)39-27-6-5-23(11-26(27)33)38-30-40-31(43-12-19(34)9-20(35)13-43)42-32(41-30)44-14-21(36)10-22(37)15-44/h5-8,11,16-17,19-22,45H,9-10,12-15,34-37H2,1-4H3,(H,39,46)(H,38,40,41,42). The molecule has 0 spiro atoms. The van der Waals surface area contributed by atoms with Crippen molar-refractivity contribution < 1.29 is 9.90 Å². The molecule has 0 bridgehead atoms. The van der Waals surface area contributed by atoms with Gasteiger partial charge in [0.05, 0.1) is 16.3 Å². The molecule has 11 N–H and O–H groups in total. The van der Waals surface area contributed by atoms with Gasteiger partial charge in [0.1, 0.15) is 5.75 Å². The normalized spacial score (nSPS) is 22.0. The van der Waals surface area contributed by atoms with Gasteiger partial charge in [-0.15, -0.1) is 0 Å². The molecule has 248 valence electrons. The summed E-state index contributed by atoms with van der Waals surface area (Å²) < 4.78 is 0. The molecule has 2 aliphatic rings. The molecule has 5 rings (SSSR count). The molecule has 1 amide bonds. The van der Waals surface area contributed by atoms with Crippen molar-refractivity contribution in [1.29, 1.82) is 0 Å². The minimum atomic E-state index is -0.452. The maximum Gasteiger partial charge on any atom is 0.259 e. The van der Waals surface area contributed by atoms with Gasteiger partial charge in [0, 0.05) is 56.0 Å². The van der Waals surface area contributed by atoms with Gasteiger partial charge in [0.15, 0.2) is 0 Å². The number of halogens is 1. The number of aromatic nitrogens is 3. The summed E-state index contributed by atoms with van der Waals surface area (Å²) in [6.07, 6.45) is 1.44. The zero-order chi connectivity index (χ0) is 33.3. The summed E-state index contributed by atoms with van der Waals surface area (Å²) in [5, 5.41) is 17.3. The maximum absolute atomic E-state index is 13.4. The van der Waals surface area contributed by atoms with Crippen molar-refractivity contribution in [2.45, 2.75) is 76.5 Å². The first-order valence-corrected chi connectivity index (χ1v) is 16.2. The number of amides is 1. The first-order valence-electron chi connectivity index (χ1n) is 15.8. The van der Waals surface area contributed by atoms with Crippen LogP contribution in [0.3, 0.4) is 0 Å². The van der Waals surface area contributed by atoms with E-state index in [1.165, 1.54) is 0 Å². The van der Waals surface area contributed by atoms with Crippen LogP contribution in [0.4, 0.5) is 29.2 Å². The fraction of sp³-hybridized carbons (Fsp3) is 0.500. The van der Waals surface area contributed by atoms with Crippen LogP contribution in [-0.4, -0.2) is 76.3 Å². The number of benzene rings is 2. The van der Waals surface area contributed by atoms with Crippen molar-refractivity contribution in [2.24, 2.45) is 22.9 Å². The van der Waals surface area contributed by atoms with Crippen LogP contribution in [0.5, 0.6) is 5.75 Å². The fourth-order valence-corrected chi connectivity index (χ4v) is 6.24. The van der Waals surface area contributed by atoms with Gasteiger partial charge in [-0.2, -0.15) is 15.0 Å². The fourth-order valence-electron chi connectivity index (χ4n) is 6.02. The Hall–Kier alpha value is -3.75. The Bertz CT molecular complexity index is 1510. The van der Waals surface area contributed by atoms with Gasteiger partial charge in [-0.25, -0.2) is 0 Å². The summed E-state index contributed by atoms with van der Waals surface area (Å²) in [5.74, 6) is 0.940. The minimum absolute atomic E-state index is 0.0287. The molecular formula is C32H46ClN11O2. The van der Waals surface area contributed by atoms with Crippen molar-refractivity contribution in [1.82, 2.24) is 15.0 Å². The molecule has 14 heteroatoms. The van der Waals surface area contributed by atoms with Crippen molar-refractivity contribution in [2.75, 3.05) is 46.6 Å². The van der Waals surface area contributed by atoms with Gasteiger partial charge < -0.3 is 48.5 Å². The van der Waals surface area contributed by atoms with Crippen molar-refractivity contribution in [3.63, 3.8) is 0 Å². The van der Waals surface area contributed by atoms with E-state index < -0.39 is 5.91 Å². The van der Waals surface area contributed by atoms with E-state index in [0.717, 1.165) is 24.0 Å². The quantitative estimate of drug-likeness (QED) is 0.187. The highest BCUT2D eigenvalue weighted by Crippen LogP contribution is 2.35. The van der Waals surface area contributed by atoms with Crippen LogP contribution >= 0.6 is 11.6 Å². The third kappa shape index (κ3) is 7.78. The van der Waals surface area contributed by atoms with Crippen LogP contribution in [0.15, 0.2) is 30.3 Å². The predicted octanol–water partition coefficient (Wildman–Crippen LogP) is 3.20. The van der Waals surface area contributed by atoms with Crippen LogP contribution in [0.1, 0.15) is 73.9 Å². The molecule has 3 aromatic rings. The Balaban J connectivity index is 1.40. The second-order valence-electron chi connectivity index (χ2n) is 13.2. The number of hydrogen-bond acceptors (Lipinski definition) is 12. The molecular weight excluding hydrogens is 606 g/mol. The highest BCUT2D eigenvalue weighted by molar-refractivity contribution is 6.34. The van der Waals surface area contributed by atoms with Crippen LogP contribution < -0.4 is 43.4 Å². The van der Waals surface area contributed by atoms with Crippen LogP contribution in [0.25, 0.3) is 0 Å². The Labute approximate surface area is 275 Å². The Kier molecular flexibility index (Phi) is 10.2. The minimum Gasteiger partial charge on any atom is -0.507 e. The first kappa shape index (κ1) is 33.6. The van der Waals surface area contributed by atoms with E-state index >= 15 is 0 Å². The molecule has 0 radical (unpaired) electrons. The summed E-state index contributed by atoms with van der Waals surface area (Å²) in [7, 11) is 0. The van der Waals surface area contributed by atoms with E-state index in [2.05, 4.69) is 10.6 Å². The third-order valence-electron chi connectivity index (χ3n) is 8.38. The number of hydrogen-bond donors (Lipinski definition) is 7. The average molecular weight is 652 g/mol. The molecule has 2 aromatic carbocycles. The second kappa shape index (κ2) is 13.9. The number of nitrogens with one attached hydrogen (secondary N) is 2. The van der Waals surface area contributed by atoms with E-state index in [1.54, 1.807) is 24.3 Å². The Morgan fingerprint density at radius 3 is 1.87 bits per heavy atom. The van der Waals surface area contributed by atoms with E-state index in [0.29, 0.717) is 55.4 Å². The predicted molar refractivity (Wildman–Crippen MR) is 184 cm³/mol. The highest BCUT2D eigenvalue weighted by atomic mass is 35.5. The summed E-state index contributed by atoms with van der Waals surface area (Å²) in [4.78, 5) is 31.5. The number of anilines is 5. The molecule has 13 nitrogen and oxygen atoms in total. The lowest BCUT2D eigenvalue weighted by molar-refractivity contribution is 0.102. The molecule has 0 aliphatic carbocycles. The van der Waals surface area contributed by atoms with Crippen LogP contribution in [0.2, 0.25) is 5.02 Å². The van der Waals surface area contributed by atoms with Gasteiger partial charge in [-0.1, -0.05) is 45.4 Å². The number of carbonyl (C=O) groups excluding carboxylic acids is 1. The van der Waals surface area contributed by atoms with Gasteiger partial charge >= 0.3 is 0 Å². The molecule has 46 heavy (non-hydrogen) atoms. The molecule has 2 saturated heterocycles. The zero-order valence-electron chi connectivity index (χ0n) is 26.9. The third-order valence-corrected chi connectivity index (χ3v) is 8.69. The molecule has 2 aliphatic heterocycles. The smallest absolute Gasteiger partial charge is 0.259 e. The second-order valence-corrected chi connectivity index (χ2v) is 13.6. The molecule has 4 atom stereocenters. The van der Waals surface area contributed by atoms with Crippen molar-refractivity contribution in [3.05, 3.63) is 52.0 Å². The van der Waals surface area contributed by atoms with Crippen molar-refractivity contribution >= 4 is 46.7 Å². The van der Waals surface area contributed by atoms with Gasteiger partial charge in [0.25, 0.3) is 5.91 Å².